The van der Waals surface area contributed by atoms with Gasteiger partial charge >= 0.3 is 6.09 Å². The van der Waals surface area contributed by atoms with Crippen LogP contribution in [0.25, 0.3) is 11.0 Å². The van der Waals surface area contributed by atoms with Crippen molar-refractivity contribution in [1.29, 1.82) is 0 Å². The Hall–Kier alpha value is -3.78. The molecule has 8 heteroatoms. The number of carbonyl (C=O) groups excluding carboxylic acids is 2. The molecule has 0 spiro atoms. The van der Waals surface area contributed by atoms with Gasteiger partial charge in [-0.25, -0.2) is 9.78 Å². The Balaban J connectivity index is 1.26. The zero-order valence-corrected chi connectivity index (χ0v) is 18.5. The van der Waals surface area contributed by atoms with Crippen LogP contribution in [-0.4, -0.2) is 27.7 Å². The molecule has 7 nitrogen and oxygen atoms in total. The first-order valence-electron chi connectivity index (χ1n) is 10.6. The van der Waals surface area contributed by atoms with Crippen LogP contribution in [0.1, 0.15) is 33.9 Å². The zero-order valence-electron chi connectivity index (χ0n) is 17.7. The molecular weight excluding hydrogens is 436 g/mol. The predicted octanol–water partition coefficient (Wildman–Crippen LogP) is 5.28. The van der Waals surface area contributed by atoms with E-state index in [0.29, 0.717) is 11.3 Å². The number of anilines is 1. The van der Waals surface area contributed by atoms with Crippen LogP contribution < -0.4 is 10.6 Å². The van der Waals surface area contributed by atoms with Crippen molar-refractivity contribution in [1.82, 2.24) is 15.3 Å². The maximum absolute atomic E-state index is 12.9. The van der Waals surface area contributed by atoms with Crippen molar-refractivity contribution in [2.24, 2.45) is 0 Å². The highest BCUT2D eigenvalue weighted by molar-refractivity contribution is 7.99. The third-order valence-electron chi connectivity index (χ3n) is 5.53. The van der Waals surface area contributed by atoms with Gasteiger partial charge in [-0.2, -0.15) is 0 Å². The third kappa shape index (κ3) is 4.70. The fraction of sp³-hybridized carbons (Fsp3) is 0.160. The van der Waals surface area contributed by atoms with Gasteiger partial charge in [-0.1, -0.05) is 36.4 Å². The summed E-state index contributed by atoms with van der Waals surface area (Å²) in [4.78, 5) is 33.5. The minimum atomic E-state index is -0.447. The Morgan fingerprint density at radius 1 is 1.12 bits per heavy atom. The van der Waals surface area contributed by atoms with E-state index in [2.05, 4.69) is 20.6 Å². The smallest absolute Gasteiger partial charge is 0.407 e. The van der Waals surface area contributed by atoms with Gasteiger partial charge in [-0.15, -0.1) is 11.8 Å². The molecule has 2 aromatic carbocycles. The van der Waals surface area contributed by atoms with Gasteiger partial charge in [0.05, 0.1) is 11.7 Å². The van der Waals surface area contributed by atoms with Gasteiger partial charge < -0.3 is 20.4 Å². The normalized spacial score (nSPS) is 15.0. The van der Waals surface area contributed by atoms with E-state index >= 15 is 0 Å². The van der Waals surface area contributed by atoms with E-state index < -0.39 is 6.09 Å². The van der Waals surface area contributed by atoms with Gasteiger partial charge in [0.15, 0.2) is 0 Å². The Labute approximate surface area is 194 Å². The Morgan fingerprint density at radius 2 is 2.00 bits per heavy atom. The molecule has 1 aliphatic rings. The maximum atomic E-state index is 12.9. The van der Waals surface area contributed by atoms with E-state index in [1.54, 1.807) is 36.3 Å². The summed E-state index contributed by atoms with van der Waals surface area (Å²) < 4.78 is 5.37. The number of H-pyrrole nitrogens is 1. The lowest BCUT2D eigenvalue weighted by Gasteiger charge is -2.26. The van der Waals surface area contributed by atoms with Crippen molar-refractivity contribution in [3.8, 4) is 0 Å². The minimum Gasteiger partial charge on any atom is -0.445 e. The van der Waals surface area contributed by atoms with Crippen LogP contribution in [0, 0.1) is 0 Å². The number of rotatable bonds is 5. The first-order chi connectivity index (χ1) is 16.2. The van der Waals surface area contributed by atoms with Crippen molar-refractivity contribution in [2.45, 2.75) is 24.0 Å². The van der Waals surface area contributed by atoms with Gasteiger partial charge in [0, 0.05) is 34.0 Å². The number of ether oxygens (including phenoxy) is 1. The highest BCUT2D eigenvalue weighted by Crippen LogP contribution is 2.37. The number of amides is 2. The molecule has 5 rings (SSSR count). The highest BCUT2D eigenvalue weighted by Gasteiger charge is 2.24. The molecule has 0 fully saturated rings. The molecule has 0 aliphatic carbocycles. The molecule has 33 heavy (non-hydrogen) atoms. The number of hydrogen-bond donors (Lipinski definition) is 3. The topological polar surface area (TPSA) is 96.1 Å². The van der Waals surface area contributed by atoms with E-state index in [9.17, 15) is 9.59 Å². The number of aromatic nitrogens is 2. The Bertz CT molecular complexity index is 1310. The monoisotopic (exact) mass is 458 g/mol. The summed E-state index contributed by atoms with van der Waals surface area (Å²) in [6.45, 7) is 0.226. The van der Waals surface area contributed by atoms with Crippen LogP contribution in [0.15, 0.2) is 78.0 Å². The van der Waals surface area contributed by atoms with Crippen molar-refractivity contribution >= 4 is 40.5 Å². The zero-order chi connectivity index (χ0) is 22.6. The van der Waals surface area contributed by atoms with Gasteiger partial charge in [0.1, 0.15) is 12.3 Å². The van der Waals surface area contributed by atoms with Crippen molar-refractivity contribution < 1.29 is 14.3 Å². The van der Waals surface area contributed by atoms with E-state index in [0.717, 1.165) is 39.2 Å². The maximum Gasteiger partial charge on any atom is 0.407 e. The quantitative estimate of drug-likeness (QED) is 0.378. The predicted molar refractivity (Wildman–Crippen MR) is 128 cm³/mol. The van der Waals surface area contributed by atoms with Crippen molar-refractivity contribution in [2.75, 3.05) is 11.1 Å². The fourth-order valence-corrected chi connectivity index (χ4v) is 5.01. The fourth-order valence-electron chi connectivity index (χ4n) is 3.85. The average Bonchev–Trinajstić information content (AvgIpc) is 3.33. The highest BCUT2D eigenvalue weighted by atomic mass is 32.2. The molecule has 2 aromatic heterocycles. The molecule has 4 aromatic rings. The average molecular weight is 459 g/mol. The van der Waals surface area contributed by atoms with Crippen LogP contribution in [-0.2, 0) is 11.3 Å². The van der Waals surface area contributed by atoms with E-state index in [4.69, 9.17) is 4.74 Å². The number of aromatic amines is 1. The number of thioether (sulfide) groups is 1. The summed E-state index contributed by atoms with van der Waals surface area (Å²) in [7, 11) is 0. The number of hydrogen-bond acceptors (Lipinski definition) is 5. The molecule has 2 amide bonds. The number of fused-ring (bicyclic) bond motifs is 2. The molecule has 3 N–H and O–H groups in total. The largest absolute Gasteiger partial charge is 0.445 e. The summed E-state index contributed by atoms with van der Waals surface area (Å²) in [5.41, 5.74) is 3.93. The summed E-state index contributed by atoms with van der Waals surface area (Å²) in [6.07, 6.45) is 3.80. The van der Waals surface area contributed by atoms with Gasteiger partial charge in [0.2, 0.25) is 0 Å². The molecule has 1 unspecified atom stereocenters. The van der Waals surface area contributed by atoms with Crippen LogP contribution in [0.2, 0.25) is 0 Å². The molecule has 0 radical (unpaired) electrons. The van der Waals surface area contributed by atoms with E-state index in [1.165, 1.54) is 0 Å². The van der Waals surface area contributed by atoms with E-state index in [-0.39, 0.29) is 18.6 Å². The first kappa shape index (κ1) is 21.1. The number of nitrogens with one attached hydrogen (secondary N) is 3. The first-order valence-corrected chi connectivity index (χ1v) is 11.6. The second kappa shape index (κ2) is 9.38. The number of benzene rings is 2. The second-order valence-corrected chi connectivity index (χ2v) is 8.84. The summed E-state index contributed by atoms with van der Waals surface area (Å²) >= 11 is 1.68. The second-order valence-electron chi connectivity index (χ2n) is 7.70. The lowest BCUT2D eigenvalue weighted by Crippen LogP contribution is -2.31. The van der Waals surface area contributed by atoms with Crippen molar-refractivity contribution in [3.63, 3.8) is 0 Å². The van der Waals surface area contributed by atoms with Crippen molar-refractivity contribution in [3.05, 3.63) is 89.7 Å². The number of nitrogens with zero attached hydrogens (tertiary/aromatic N) is 1. The van der Waals surface area contributed by atoms with Crippen LogP contribution in [0.4, 0.5) is 10.5 Å². The summed E-state index contributed by atoms with van der Waals surface area (Å²) in [6, 6.07) is 18.7. The van der Waals surface area contributed by atoms with Crippen LogP contribution in [0.3, 0.4) is 0 Å². The summed E-state index contributed by atoms with van der Waals surface area (Å²) in [5, 5.41) is 6.80. The molecule has 1 atom stereocenters. The molecule has 0 bridgehead atoms. The molecule has 0 saturated carbocycles. The van der Waals surface area contributed by atoms with Crippen LogP contribution >= 0.6 is 11.8 Å². The van der Waals surface area contributed by atoms with Gasteiger partial charge in [-0.05, 0) is 41.8 Å². The number of carbonyl (C=O) groups is 2. The number of pyridine rings is 1. The summed E-state index contributed by atoms with van der Waals surface area (Å²) in [5.74, 6) is 0.653. The van der Waals surface area contributed by atoms with E-state index in [1.807, 2.05) is 48.5 Å². The molecular formula is C25H22N4O3S. The lowest BCUT2D eigenvalue weighted by atomic mass is 10.0. The third-order valence-corrected chi connectivity index (χ3v) is 6.63. The molecule has 1 aliphatic heterocycles. The number of alkyl carbamates (subject to hydrolysis) is 1. The standard InChI is InChI=1S/C25H22N4O3S/c30-24(28-20-9-12-27-23-19(20)8-11-26-23)17-6-7-18-21(10-13-33-22(18)14-17)29-25(31)32-15-16-4-2-1-3-5-16/h1-9,11-12,14,21H,10,13,15H2,(H,29,31)(H2,26,27,28,30). The van der Waals surface area contributed by atoms with Crippen LogP contribution in [0.5, 0.6) is 0 Å². The molecule has 3 heterocycles. The SMILES string of the molecule is O=C(NC1CCSc2cc(C(=O)Nc3ccnc4[nH]ccc34)ccc21)OCc1ccccc1. The Kier molecular flexibility index (Phi) is 5.99. The minimum absolute atomic E-state index is 0.152. The van der Waals surface area contributed by atoms with Gasteiger partial charge in [-0.3, -0.25) is 4.79 Å². The molecule has 0 saturated heterocycles. The molecule has 166 valence electrons. The van der Waals surface area contributed by atoms with Gasteiger partial charge in [0.25, 0.3) is 5.91 Å². The lowest BCUT2D eigenvalue weighted by molar-refractivity contribution is 0.102. The Morgan fingerprint density at radius 3 is 2.88 bits per heavy atom.